The lowest BCUT2D eigenvalue weighted by Gasteiger charge is -2.31. The fourth-order valence-corrected chi connectivity index (χ4v) is 5.11. The molecule has 4 rings (SSSR count). The number of ether oxygens (including phenoxy) is 3. The summed E-state index contributed by atoms with van der Waals surface area (Å²) in [5, 5.41) is 13.0. The van der Waals surface area contributed by atoms with Crippen LogP contribution >= 0.6 is 11.3 Å². The Morgan fingerprint density at radius 2 is 1.72 bits per heavy atom. The van der Waals surface area contributed by atoms with Gasteiger partial charge in [0.1, 0.15) is 10.6 Å². The third-order valence-electron chi connectivity index (χ3n) is 6.11. The Hall–Kier alpha value is -4.66. The fraction of sp³-hybridized carbons (Fsp3) is 0.333. The summed E-state index contributed by atoms with van der Waals surface area (Å²) < 4.78 is 20.9. The van der Waals surface area contributed by atoms with Crippen molar-refractivity contribution in [2.45, 2.75) is 18.8 Å². The van der Waals surface area contributed by atoms with Crippen molar-refractivity contribution in [3.05, 3.63) is 61.8 Å². The molecule has 0 radical (unpaired) electrons. The number of hydrogen-bond acceptors (Lipinski definition) is 11. The maximum Gasteiger partial charge on any atom is 0.433 e. The number of furan rings is 1. The number of hydrogen-bond donors (Lipinski definition) is 2. The topological polar surface area (TPSA) is 175 Å². The first kappa shape index (κ1) is 27.4. The molecule has 3 amide bonds. The summed E-state index contributed by atoms with van der Waals surface area (Å²) in [4.78, 5) is 53.8. The SMILES string of the molecule is COc1ccc(C(=O)N2CCC(c3nc(C(=O)NNC(=O)c4ccc([N+](=O)[O-])o4)cs3)CC2)c(OC)c1OC. The highest BCUT2D eigenvalue weighted by molar-refractivity contribution is 7.09. The summed E-state index contributed by atoms with van der Waals surface area (Å²) >= 11 is 1.31. The number of nitrogens with zero attached hydrogens (tertiary/aromatic N) is 3. The highest BCUT2D eigenvalue weighted by Crippen LogP contribution is 2.40. The number of benzene rings is 1. The zero-order chi connectivity index (χ0) is 28.1. The fourth-order valence-electron chi connectivity index (χ4n) is 4.14. The summed E-state index contributed by atoms with van der Waals surface area (Å²) in [6.45, 7) is 0.959. The second-order valence-corrected chi connectivity index (χ2v) is 9.21. The Morgan fingerprint density at radius 3 is 2.33 bits per heavy atom. The molecule has 0 aliphatic carbocycles. The van der Waals surface area contributed by atoms with Gasteiger partial charge in [-0.2, -0.15) is 0 Å². The summed E-state index contributed by atoms with van der Waals surface area (Å²) in [7, 11) is 4.44. The number of amides is 3. The molecule has 2 N–H and O–H groups in total. The molecular weight excluding hydrogens is 534 g/mol. The van der Waals surface area contributed by atoms with E-state index >= 15 is 0 Å². The highest BCUT2D eigenvalue weighted by Gasteiger charge is 2.30. The zero-order valence-electron chi connectivity index (χ0n) is 21.2. The van der Waals surface area contributed by atoms with Crippen molar-refractivity contribution in [3.63, 3.8) is 0 Å². The lowest BCUT2D eigenvalue weighted by atomic mass is 9.97. The Balaban J connectivity index is 1.33. The van der Waals surface area contributed by atoms with Gasteiger partial charge in [-0.05, 0) is 31.0 Å². The molecule has 0 atom stereocenters. The van der Waals surface area contributed by atoms with Gasteiger partial charge in [0.25, 0.3) is 11.8 Å². The van der Waals surface area contributed by atoms with Gasteiger partial charge in [0.2, 0.25) is 11.5 Å². The van der Waals surface area contributed by atoms with Crippen molar-refractivity contribution in [2.24, 2.45) is 0 Å². The first-order chi connectivity index (χ1) is 18.8. The summed E-state index contributed by atoms with van der Waals surface area (Å²) in [5.74, 6) is -1.46. The standard InChI is InChI=1S/C24H25N5O9S/c1-35-16-5-4-14(19(36-2)20(16)37-3)24(32)28-10-8-13(9-11-28)23-25-15(12-39-23)21(30)26-27-22(31)17-6-7-18(38-17)29(33)34/h4-7,12-13H,8-11H2,1-3H3,(H,26,30)(H,27,31). The first-order valence-corrected chi connectivity index (χ1v) is 12.5. The van der Waals surface area contributed by atoms with Gasteiger partial charge in [-0.25, -0.2) is 4.98 Å². The van der Waals surface area contributed by atoms with Crippen LogP contribution in [0, 0.1) is 10.1 Å². The molecule has 3 aromatic rings. The van der Waals surface area contributed by atoms with Crippen molar-refractivity contribution in [1.29, 1.82) is 0 Å². The van der Waals surface area contributed by atoms with Crippen molar-refractivity contribution >= 4 is 34.9 Å². The molecule has 15 heteroatoms. The minimum atomic E-state index is -0.852. The summed E-state index contributed by atoms with van der Waals surface area (Å²) in [6, 6.07) is 5.46. The third kappa shape index (κ3) is 5.77. The van der Waals surface area contributed by atoms with Crippen LogP contribution in [0.3, 0.4) is 0 Å². The second-order valence-electron chi connectivity index (χ2n) is 8.32. The monoisotopic (exact) mass is 559 g/mol. The van der Waals surface area contributed by atoms with Crippen LogP contribution in [-0.4, -0.2) is 66.9 Å². The van der Waals surface area contributed by atoms with E-state index in [1.54, 1.807) is 22.4 Å². The number of nitrogens with one attached hydrogen (secondary N) is 2. The molecule has 0 saturated carbocycles. The van der Waals surface area contributed by atoms with Crippen LogP contribution in [0.5, 0.6) is 17.2 Å². The number of rotatable bonds is 8. The van der Waals surface area contributed by atoms with Crippen molar-refractivity contribution in [2.75, 3.05) is 34.4 Å². The molecule has 3 heterocycles. The first-order valence-electron chi connectivity index (χ1n) is 11.7. The van der Waals surface area contributed by atoms with Crippen LogP contribution in [0.25, 0.3) is 0 Å². The molecule has 0 unspecified atom stereocenters. The van der Waals surface area contributed by atoms with E-state index in [1.165, 1.54) is 32.7 Å². The van der Waals surface area contributed by atoms with E-state index in [4.69, 9.17) is 18.6 Å². The lowest BCUT2D eigenvalue weighted by molar-refractivity contribution is -0.402. The molecule has 0 bridgehead atoms. The number of aromatic nitrogens is 1. The largest absolute Gasteiger partial charge is 0.493 e. The van der Waals surface area contributed by atoms with Gasteiger partial charge in [0.05, 0.1) is 38.0 Å². The number of carbonyl (C=O) groups excluding carboxylic acids is 3. The average molecular weight is 560 g/mol. The lowest BCUT2D eigenvalue weighted by Crippen LogP contribution is -2.41. The third-order valence-corrected chi connectivity index (χ3v) is 7.11. The van der Waals surface area contributed by atoms with Gasteiger partial charge in [0.15, 0.2) is 11.5 Å². The van der Waals surface area contributed by atoms with Gasteiger partial charge in [-0.1, -0.05) is 0 Å². The minimum absolute atomic E-state index is 0.0474. The molecular formula is C24H25N5O9S. The molecule has 0 spiro atoms. The zero-order valence-corrected chi connectivity index (χ0v) is 22.0. The number of thiazole rings is 1. The number of nitro groups is 1. The van der Waals surface area contributed by atoms with Crippen LogP contribution in [0.2, 0.25) is 0 Å². The molecule has 39 heavy (non-hydrogen) atoms. The van der Waals surface area contributed by atoms with Gasteiger partial charge >= 0.3 is 11.8 Å². The van der Waals surface area contributed by atoms with E-state index in [1.807, 2.05) is 0 Å². The van der Waals surface area contributed by atoms with E-state index in [0.717, 1.165) is 17.1 Å². The maximum atomic E-state index is 13.3. The van der Waals surface area contributed by atoms with Crippen molar-refractivity contribution in [3.8, 4) is 17.2 Å². The Bertz CT molecular complexity index is 1390. The smallest absolute Gasteiger partial charge is 0.433 e. The summed E-state index contributed by atoms with van der Waals surface area (Å²) in [5.41, 5.74) is 4.82. The van der Waals surface area contributed by atoms with Crippen LogP contribution in [0.1, 0.15) is 55.2 Å². The molecule has 1 fully saturated rings. The molecule has 1 aliphatic rings. The Labute approximate surface area is 226 Å². The second kappa shape index (κ2) is 11.8. The van der Waals surface area contributed by atoms with Gasteiger partial charge < -0.3 is 23.5 Å². The molecule has 1 aromatic carbocycles. The number of methoxy groups -OCH3 is 3. The van der Waals surface area contributed by atoms with Crippen LogP contribution < -0.4 is 25.1 Å². The van der Waals surface area contributed by atoms with Gasteiger partial charge in [-0.3, -0.25) is 35.3 Å². The van der Waals surface area contributed by atoms with E-state index < -0.39 is 22.6 Å². The van der Waals surface area contributed by atoms with E-state index in [2.05, 4.69) is 15.8 Å². The molecule has 14 nitrogen and oxygen atoms in total. The van der Waals surface area contributed by atoms with Gasteiger partial charge in [0, 0.05) is 24.4 Å². The van der Waals surface area contributed by atoms with Crippen molar-refractivity contribution in [1.82, 2.24) is 20.7 Å². The van der Waals surface area contributed by atoms with E-state index in [9.17, 15) is 24.5 Å². The minimum Gasteiger partial charge on any atom is -0.493 e. The summed E-state index contributed by atoms with van der Waals surface area (Å²) in [6.07, 6.45) is 1.29. The molecule has 1 aliphatic heterocycles. The number of likely N-dealkylation sites (tertiary alicyclic amines) is 1. The van der Waals surface area contributed by atoms with Gasteiger partial charge in [-0.15, -0.1) is 11.3 Å². The van der Waals surface area contributed by atoms with Crippen molar-refractivity contribution < 1.29 is 37.9 Å². The number of piperidine rings is 1. The van der Waals surface area contributed by atoms with Crippen LogP contribution in [0.15, 0.2) is 34.1 Å². The maximum absolute atomic E-state index is 13.3. The van der Waals surface area contributed by atoms with Crippen LogP contribution in [0.4, 0.5) is 5.88 Å². The molecule has 2 aromatic heterocycles. The number of carbonyl (C=O) groups is 3. The Morgan fingerprint density at radius 1 is 1.03 bits per heavy atom. The normalized spacial score (nSPS) is 13.5. The quantitative estimate of drug-likeness (QED) is 0.308. The van der Waals surface area contributed by atoms with E-state index in [-0.39, 0.29) is 23.3 Å². The predicted molar refractivity (Wildman–Crippen MR) is 136 cm³/mol. The van der Waals surface area contributed by atoms with E-state index in [0.29, 0.717) is 48.7 Å². The molecule has 1 saturated heterocycles. The number of hydrazine groups is 1. The average Bonchev–Trinajstić information content (AvgIpc) is 3.65. The highest BCUT2D eigenvalue weighted by atomic mass is 32.1. The molecule has 206 valence electrons. The predicted octanol–water partition coefficient (Wildman–Crippen LogP) is 2.76. The van der Waals surface area contributed by atoms with Crippen LogP contribution in [-0.2, 0) is 0 Å². The Kier molecular flexibility index (Phi) is 8.29.